The monoisotopic (exact) mass is 341 g/mol. The van der Waals surface area contributed by atoms with Gasteiger partial charge in [0.15, 0.2) is 0 Å². The molecule has 0 aliphatic carbocycles. The van der Waals surface area contributed by atoms with Gasteiger partial charge < -0.3 is 10.3 Å². The van der Waals surface area contributed by atoms with Crippen LogP contribution in [0.3, 0.4) is 0 Å². The topological polar surface area (TPSA) is 52.8 Å². The van der Waals surface area contributed by atoms with E-state index in [0.717, 1.165) is 18.4 Å². The van der Waals surface area contributed by atoms with Crippen molar-refractivity contribution in [2.24, 2.45) is 5.16 Å². The third-order valence-electron chi connectivity index (χ3n) is 3.42. The lowest BCUT2D eigenvalue weighted by Gasteiger charge is -2.07. The van der Waals surface area contributed by atoms with Crippen LogP contribution in [0.25, 0.3) is 0 Å². The first kappa shape index (κ1) is 17.0. The second-order valence-corrected chi connectivity index (χ2v) is 5.99. The molecule has 1 aromatic carbocycles. The molecule has 20 heavy (non-hydrogen) atoms. The van der Waals surface area contributed by atoms with Crippen molar-refractivity contribution in [2.75, 3.05) is 0 Å². The fraction of sp³-hybridized carbons (Fsp3) is 0.562. The summed E-state index contributed by atoms with van der Waals surface area (Å²) in [4.78, 5) is 0. The van der Waals surface area contributed by atoms with Crippen molar-refractivity contribution in [3.8, 4) is 5.75 Å². The predicted octanol–water partition coefficient (Wildman–Crippen LogP) is 5.26. The molecule has 0 aliphatic rings. The Bertz CT molecular complexity index is 433. The van der Waals surface area contributed by atoms with E-state index in [0.29, 0.717) is 10.0 Å². The van der Waals surface area contributed by atoms with Crippen molar-refractivity contribution in [3.05, 3.63) is 27.7 Å². The van der Waals surface area contributed by atoms with E-state index in [1.165, 1.54) is 44.7 Å². The van der Waals surface area contributed by atoms with Crippen LogP contribution in [-0.2, 0) is 6.42 Å². The first-order valence-corrected chi connectivity index (χ1v) is 8.17. The van der Waals surface area contributed by atoms with Gasteiger partial charge in [0.05, 0.1) is 10.7 Å². The van der Waals surface area contributed by atoms with Crippen molar-refractivity contribution in [1.29, 1.82) is 0 Å². The minimum Gasteiger partial charge on any atom is -0.506 e. The molecule has 0 aliphatic heterocycles. The number of unbranched alkanes of at least 4 members (excludes halogenated alkanes) is 6. The summed E-state index contributed by atoms with van der Waals surface area (Å²) in [7, 11) is 0. The molecule has 4 heteroatoms. The summed E-state index contributed by atoms with van der Waals surface area (Å²) >= 11 is 3.32. The summed E-state index contributed by atoms with van der Waals surface area (Å²) in [6.45, 7) is 2.23. The summed E-state index contributed by atoms with van der Waals surface area (Å²) in [5, 5.41) is 21.4. The molecule has 0 unspecified atom stereocenters. The third-order valence-corrected chi connectivity index (χ3v) is 4.02. The van der Waals surface area contributed by atoms with E-state index in [-0.39, 0.29) is 5.75 Å². The number of hydrogen-bond donors (Lipinski definition) is 2. The lowest BCUT2D eigenvalue weighted by atomic mass is 10.0. The van der Waals surface area contributed by atoms with Crippen LogP contribution in [0.15, 0.2) is 21.8 Å². The summed E-state index contributed by atoms with van der Waals surface area (Å²) in [6.07, 6.45) is 11.2. The molecule has 0 heterocycles. The average molecular weight is 342 g/mol. The summed E-state index contributed by atoms with van der Waals surface area (Å²) < 4.78 is 0.646. The van der Waals surface area contributed by atoms with Gasteiger partial charge in [-0.05, 0) is 46.5 Å². The lowest BCUT2D eigenvalue weighted by Crippen LogP contribution is -1.91. The van der Waals surface area contributed by atoms with Crippen LogP contribution >= 0.6 is 15.9 Å². The van der Waals surface area contributed by atoms with Crippen LogP contribution in [0.4, 0.5) is 0 Å². The van der Waals surface area contributed by atoms with E-state index >= 15 is 0 Å². The molecule has 0 saturated heterocycles. The number of benzene rings is 1. The maximum Gasteiger partial charge on any atom is 0.138 e. The largest absolute Gasteiger partial charge is 0.506 e. The number of nitrogens with zero attached hydrogens (tertiary/aromatic N) is 1. The van der Waals surface area contributed by atoms with E-state index in [1.54, 1.807) is 0 Å². The maximum absolute atomic E-state index is 9.80. The van der Waals surface area contributed by atoms with Crippen LogP contribution in [-0.4, -0.2) is 16.5 Å². The van der Waals surface area contributed by atoms with E-state index in [1.807, 2.05) is 12.1 Å². The van der Waals surface area contributed by atoms with Crippen LogP contribution in [0.2, 0.25) is 0 Å². The zero-order valence-corrected chi connectivity index (χ0v) is 13.7. The Kier molecular flexibility index (Phi) is 8.35. The highest BCUT2D eigenvalue weighted by Gasteiger charge is 2.06. The van der Waals surface area contributed by atoms with Crippen LogP contribution in [0.1, 0.15) is 63.0 Å². The molecular formula is C16H24BrNO2. The molecule has 0 amide bonds. The van der Waals surface area contributed by atoms with Gasteiger partial charge in [0.1, 0.15) is 5.75 Å². The van der Waals surface area contributed by atoms with Gasteiger partial charge in [0.25, 0.3) is 0 Å². The van der Waals surface area contributed by atoms with Crippen molar-refractivity contribution in [2.45, 2.75) is 58.3 Å². The second kappa shape index (κ2) is 9.81. The fourth-order valence-electron chi connectivity index (χ4n) is 2.27. The van der Waals surface area contributed by atoms with E-state index < -0.39 is 0 Å². The van der Waals surface area contributed by atoms with Crippen molar-refractivity contribution < 1.29 is 10.3 Å². The summed E-state index contributed by atoms with van der Waals surface area (Å²) in [6, 6.07) is 3.80. The minimum atomic E-state index is 0.117. The smallest absolute Gasteiger partial charge is 0.138 e. The highest BCUT2D eigenvalue weighted by Crippen LogP contribution is 2.29. The normalized spacial score (nSPS) is 11.3. The number of aryl methyl sites for hydroxylation is 1. The molecule has 0 fully saturated rings. The molecule has 0 atom stereocenters. The Hall–Kier alpha value is -1.03. The zero-order chi connectivity index (χ0) is 14.8. The molecule has 0 saturated carbocycles. The van der Waals surface area contributed by atoms with Crippen molar-refractivity contribution in [3.63, 3.8) is 0 Å². The van der Waals surface area contributed by atoms with E-state index in [2.05, 4.69) is 28.0 Å². The molecule has 0 radical (unpaired) electrons. The van der Waals surface area contributed by atoms with Gasteiger partial charge in [-0.1, -0.05) is 50.6 Å². The second-order valence-electron chi connectivity index (χ2n) is 5.13. The van der Waals surface area contributed by atoms with Gasteiger partial charge in [-0.3, -0.25) is 0 Å². The Morgan fingerprint density at radius 3 is 2.40 bits per heavy atom. The number of oxime groups is 1. The predicted molar refractivity (Wildman–Crippen MR) is 86.9 cm³/mol. The first-order chi connectivity index (χ1) is 9.69. The molecule has 1 rings (SSSR count). The van der Waals surface area contributed by atoms with Crippen LogP contribution in [0, 0.1) is 0 Å². The number of phenols is 1. The molecule has 112 valence electrons. The Morgan fingerprint density at radius 2 is 1.75 bits per heavy atom. The van der Waals surface area contributed by atoms with Crippen LogP contribution in [0.5, 0.6) is 5.75 Å². The van der Waals surface area contributed by atoms with Gasteiger partial charge in [-0.15, -0.1) is 0 Å². The molecular weight excluding hydrogens is 318 g/mol. The van der Waals surface area contributed by atoms with Gasteiger partial charge in [0.2, 0.25) is 0 Å². The van der Waals surface area contributed by atoms with Gasteiger partial charge in [0, 0.05) is 5.56 Å². The SMILES string of the molecule is CCCCCCCCCc1cc(Br)c(O)c(/C=N/O)c1. The van der Waals surface area contributed by atoms with E-state index in [9.17, 15) is 5.11 Å². The Labute approximate surface area is 129 Å². The molecule has 0 spiro atoms. The summed E-state index contributed by atoms with van der Waals surface area (Å²) in [5.41, 5.74) is 1.69. The first-order valence-electron chi connectivity index (χ1n) is 7.37. The molecule has 3 nitrogen and oxygen atoms in total. The highest BCUT2D eigenvalue weighted by molar-refractivity contribution is 9.10. The standard InChI is InChI=1S/C16H24BrNO2/c1-2-3-4-5-6-7-8-9-13-10-14(12-18-20)16(19)15(17)11-13/h10-12,19-20H,2-9H2,1H3/b18-12+. The fourth-order valence-corrected chi connectivity index (χ4v) is 2.79. The molecule has 2 N–H and O–H groups in total. The molecule has 0 bridgehead atoms. The van der Waals surface area contributed by atoms with Gasteiger partial charge in [-0.25, -0.2) is 0 Å². The minimum absolute atomic E-state index is 0.117. The Morgan fingerprint density at radius 1 is 1.10 bits per heavy atom. The summed E-state index contributed by atoms with van der Waals surface area (Å²) in [5.74, 6) is 0.117. The van der Waals surface area contributed by atoms with Gasteiger partial charge in [-0.2, -0.15) is 0 Å². The molecule has 1 aromatic rings. The number of hydrogen-bond acceptors (Lipinski definition) is 3. The third kappa shape index (κ3) is 5.95. The number of rotatable bonds is 9. The zero-order valence-electron chi connectivity index (χ0n) is 12.1. The van der Waals surface area contributed by atoms with Crippen molar-refractivity contribution in [1.82, 2.24) is 0 Å². The van der Waals surface area contributed by atoms with Crippen LogP contribution < -0.4 is 0 Å². The average Bonchev–Trinajstić information content (AvgIpc) is 2.43. The maximum atomic E-state index is 9.80. The number of phenolic OH excluding ortho intramolecular Hbond substituents is 1. The number of aromatic hydroxyl groups is 1. The molecule has 0 aromatic heterocycles. The Balaban J connectivity index is 2.40. The van der Waals surface area contributed by atoms with Crippen molar-refractivity contribution >= 4 is 22.1 Å². The quantitative estimate of drug-likeness (QED) is 0.278. The lowest BCUT2D eigenvalue weighted by molar-refractivity contribution is 0.321. The van der Waals surface area contributed by atoms with E-state index in [4.69, 9.17) is 5.21 Å². The van der Waals surface area contributed by atoms with Gasteiger partial charge >= 0.3 is 0 Å². The highest BCUT2D eigenvalue weighted by atomic mass is 79.9. The number of halogens is 1.